The van der Waals surface area contributed by atoms with E-state index in [1.165, 1.54) is 31.2 Å². The predicted molar refractivity (Wildman–Crippen MR) is 86.4 cm³/mol. The molecule has 0 unspecified atom stereocenters. The third-order valence-electron chi connectivity index (χ3n) is 3.16. The molecule has 0 aliphatic rings. The lowest BCUT2D eigenvalue weighted by molar-refractivity contribution is -0.385. The number of ether oxygens (including phenoxy) is 1. The summed E-state index contributed by atoms with van der Waals surface area (Å²) in [7, 11) is 0. The van der Waals surface area contributed by atoms with Crippen LogP contribution >= 0.6 is 15.9 Å². The van der Waals surface area contributed by atoms with Crippen molar-refractivity contribution in [2.24, 2.45) is 0 Å². The van der Waals surface area contributed by atoms with Gasteiger partial charge in [-0.1, -0.05) is 0 Å². The van der Waals surface area contributed by atoms with Crippen molar-refractivity contribution in [1.29, 1.82) is 0 Å². The minimum Gasteiger partial charge on any atom is -0.451 e. The average Bonchev–Trinajstić information content (AvgIpc) is 2.54. The summed E-state index contributed by atoms with van der Waals surface area (Å²) < 4.78 is 18.1. The quantitative estimate of drug-likeness (QED) is 0.331. The summed E-state index contributed by atoms with van der Waals surface area (Å²) in [5.41, 5.74) is -0.149. The number of ketones is 1. The van der Waals surface area contributed by atoms with Crippen molar-refractivity contribution >= 4 is 33.4 Å². The van der Waals surface area contributed by atoms with E-state index in [-0.39, 0.29) is 21.3 Å². The summed E-state index contributed by atoms with van der Waals surface area (Å²) in [5.74, 6) is -1.86. The van der Waals surface area contributed by atoms with Gasteiger partial charge in [0.25, 0.3) is 5.69 Å². The SMILES string of the molecule is C[C@@H](OC(=O)c1ccc(Br)c([N+](=O)[O-])c1)C(=O)c1ccc(F)cc1. The van der Waals surface area contributed by atoms with Crippen LogP contribution in [0.4, 0.5) is 10.1 Å². The van der Waals surface area contributed by atoms with Crippen molar-refractivity contribution < 1.29 is 23.6 Å². The number of nitrogens with zero attached hydrogens (tertiary/aromatic N) is 1. The first-order valence-electron chi connectivity index (χ1n) is 6.74. The molecular formula is C16H11BrFNO5. The van der Waals surface area contributed by atoms with Crippen LogP contribution in [0.1, 0.15) is 27.6 Å². The Morgan fingerprint density at radius 1 is 1.17 bits per heavy atom. The highest BCUT2D eigenvalue weighted by Crippen LogP contribution is 2.26. The minimum atomic E-state index is -1.12. The predicted octanol–water partition coefficient (Wildman–Crippen LogP) is 3.92. The molecule has 2 aromatic rings. The Bertz CT molecular complexity index is 807. The molecule has 0 saturated carbocycles. The van der Waals surface area contributed by atoms with E-state index < -0.39 is 28.6 Å². The van der Waals surface area contributed by atoms with Crippen molar-refractivity contribution in [2.45, 2.75) is 13.0 Å². The van der Waals surface area contributed by atoms with Crippen LogP contribution in [-0.2, 0) is 4.74 Å². The van der Waals surface area contributed by atoms with E-state index in [2.05, 4.69) is 15.9 Å². The highest BCUT2D eigenvalue weighted by Gasteiger charge is 2.22. The monoisotopic (exact) mass is 395 g/mol. The number of rotatable bonds is 5. The van der Waals surface area contributed by atoms with Crippen LogP contribution in [0.25, 0.3) is 0 Å². The largest absolute Gasteiger partial charge is 0.451 e. The lowest BCUT2D eigenvalue weighted by atomic mass is 10.1. The summed E-state index contributed by atoms with van der Waals surface area (Å²) in [5, 5.41) is 10.9. The zero-order valence-corrected chi connectivity index (χ0v) is 13.9. The number of carbonyl (C=O) groups is 2. The molecule has 0 aliphatic carbocycles. The number of carbonyl (C=O) groups excluding carboxylic acids is 2. The Kier molecular flexibility index (Phi) is 5.40. The summed E-state index contributed by atoms with van der Waals surface area (Å²) in [6.45, 7) is 1.37. The van der Waals surface area contributed by atoms with Gasteiger partial charge in [0.05, 0.1) is 15.0 Å². The molecule has 0 aromatic heterocycles. The van der Waals surface area contributed by atoms with Gasteiger partial charge < -0.3 is 4.74 Å². The van der Waals surface area contributed by atoms with Gasteiger partial charge in [0.1, 0.15) is 5.82 Å². The maximum Gasteiger partial charge on any atom is 0.339 e. The van der Waals surface area contributed by atoms with Crippen LogP contribution in [-0.4, -0.2) is 22.8 Å². The second-order valence-electron chi connectivity index (χ2n) is 4.84. The number of nitro benzene ring substituents is 1. The maximum absolute atomic E-state index is 12.9. The standard InChI is InChI=1S/C16H11BrFNO5/c1-9(15(20)10-2-5-12(18)6-3-10)24-16(21)11-4-7-13(17)14(8-11)19(22)23/h2-9H,1H3/t9-/m1/s1. The van der Waals surface area contributed by atoms with Crippen molar-refractivity contribution in [3.63, 3.8) is 0 Å². The van der Waals surface area contributed by atoms with Gasteiger partial charge in [-0.15, -0.1) is 0 Å². The molecule has 24 heavy (non-hydrogen) atoms. The van der Waals surface area contributed by atoms with E-state index in [0.29, 0.717) is 0 Å². The van der Waals surface area contributed by atoms with Crippen LogP contribution in [0.3, 0.4) is 0 Å². The molecule has 0 amide bonds. The molecule has 2 rings (SSSR count). The topological polar surface area (TPSA) is 86.5 Å². The molecule has 0 N–H and O–H groups in total. The fraction of sp³-hybridized carbons (Fsp3) is 0.125. The lowest BCUT2D eigenvalue weighted by Crippen LogP contribution is -2.24. The molecule has 0 bridgehead atoms. The molecule has 8 heteroatoms. The van der Waals surface area contributed by atoms with Gasteiger partial charge in [-0.3, -0.25) is 14.9 Å². The van der Waals surface area contributed by atoms with Crippen LogP contribution in [0, 0.1) is 15.9 Å². The zero-order valence-electron chi connectivity index (χ0n) is 12.4. The fourth-order valence-electron chi connectivity index (χ4n) is 1.91. The van der Waals surface area contributed by atoms with Crippen molar-refractivity contribution in [2.75, 3.05) is 0 Å². The summed E-state index contributed by atoms with van der Waals surface area (Å²) in [6, 6.07) is 8.57. The Hall–Kier alpha value is -2.61. The number of halogens is 2. The summed E-state index contributed by atoms with van der Waals surface area (Å²) in [4.78, 5) is 34.4. The average molecular weight is 396 g/mol. The van der Waals surface area contributed by atoms with Gasteiger partial charge >= 0.3 is 5.97 Å². The van der Waals surface area contributed by atoms with Crippen molar-refractivity contribution in [3.05, 3.63) is 74.0 Å². The van der Waals surface area contributed by atoms with Gasteiger partial charge in [0.15, 0.2) is 6.10 Å². The van der Waals surface area contributed by atoms with E-state index in [1.807, 2.05) is 0 Å². The Labute approximate surface area is 144 Å². The summed E-state index contributed by atoms with van der Waals surface area (Å²) >= 11 is 3.01. The third kappa shape index (κ3) is 4.02. The van der Waals surface area contributed by atoms with Crippen LogP contribution in [0.2, 0.25) is 0 Å². The Balaban J connectivity index is 2.14. The van der Waals surface area contributed by atoms with Crippen molar-refractivity contribution in [1.82, 2.24) is 0 Å². The van der Waals surface area contributed by atoms with Crippen LogP contribution in [0.15, 0.2) is 46.9 Å². The van der Waals surface area contributed by atoms with Crippen LogP contribution in [0.5, 0.6) is 0 Å². The second-order valence-corrected chi connectivity index (χ2v) is 5.70. The van der Waals surface area contributed by atoms with Gasteiger partial charge in [-0.05, 0) is 59.3 Å². The number of hydrogen-bond acceptors (Lipinski definition) is 5. The molecule has 124 valence electrons. The van der Waals surface area contributed by atoms with Crippen molar-refractivity contribution in [3.8, 4) is 0 Å². The first-order valence-corrected chi connectivity index (χ1v) is 7.53. The van der Waals surface area contributed by atoms with E-state index >= 15 is 0 Å². The van der Waals surface area contributed by atoms with E-state index in [4.69, 9.17) is 4.74 Å². The van der Waals surface area contributed by atoms with E-state index in [1.54, 1.807) is 0 Å². The maximum atomic E-state index is 12.9. The van der Waals surface area contributed by atoms with Gasteiger partial charge in [-0.25, -0.2) is 9.18 Å². The molecule has 0 aliphatic heterocycles. The number of esters is 1. The highest BCUT2D eigenvalue weighted by molar-refractivity contribution is 9.10. The first-order chi connectivity index (χ1) is 11.3. The summed E-state index contributed by atoms with van der Waals surface area (Å²) in [6.07, 6.45) is -1.12. The Morgan fingerprint density at radius 3 is 2.33 bits per heavy atom. The Morgan fingerprint density at radius 2 is 1.75 bits per heavy atom. The molecule has 0 heterocycles. The van der Waals surface area contributed by atoms with Gasteiger partial charge in [-0.2, -0.15) is 0 Å². The molecular weight excluding hydrogens is 385 g/mol. The first kappa shape index (κ1) is 17.7. The lowest BCUT2D eigenvalue weighted by Gasteiger charge is -2.12. The third-order valence-corrected chi connectivity index (χ3v) is 3.83. The molecule has 0 spiro atoms. The van der Waals surface area contributed by atoms with E-state index in [0.717, 1.165) is 18.2 Å². The smallest absolute Gasteiger partial charge is 0.339 e. The van der Waals surface area contributed by atoms with Crippen LogP contribution < -0.4 is 0 Å². The normalized spacial score (nSPS) is 11.6. The molecule has 6 nitrogen and oxygen atoms in total. The molecule has 1 atom stereocenters. The molecule has 0 radical (unpaired) electrons. The molecule has 0 saturated heterocycles. The number of nitro groups is 1. The second kappa shape index (κ2) is 7.31. The molecule has 0 fully saturated rings. The minimum absolute atomic E-state index is 0.0522. The number of benzene rings is 2. The van der Waals surface area contributed by atoms with E-state index in [9.17, 15) is 24.1 Å². The zero-order chi connectivity index (χ0) is 17.9. The fourth-order valence-corrected chi connectivity index (χ4v) is 2.30. The number of Topliss-reactive ketones (excluding diaryl/α,β-unsaturated/α-hetero) is 1. The number of hydrogen-bond donors (Lipinski definition) is 0. The van der Waals surface area contributed by atoms with Gasteiger partial charge in [0.2, 0.25) is 5.78 Å². The highest BCUT2D eigenvalue weighted by atomic mass is 79.9. The van der Waals surface area contributed by atoms with Gasteiger partial charge in [0, 0.05) is 11.6 Å². The molecule has 2 aromatic carbocycles.